The molecule has 0 radical (unpaired) electrons. The molecular formula is C15H25N3O2. The van der Waals surface area contributed by atoms with Crippen LogP contribution in [0.25, 0.3) is 0 Å². The summed E-state index contributed by atoms with van der Waals surface area (Å²) in [6.45, 7) is 8.46. The molecule has 112 valence electrons. The van der Waals surface area contributed by atoms with Crippen LogP contribution < -0.4 is 10.6 Å². The first kappa shape index (κ1) is 16.3. The molecule has 0 saturated heterocycles. The summed E-state index contributed by atoms with van der Waals surface area (Å²) in [4.78, 5) is 12.6. The molecule has 0 spiro atoms. The van der Waals surface area contributed by atoms with Crippen molar-refractivity contribution in [3.8, 4) is 0 Å². The summed E-state index contributed by atoms with van der Waals surface area (Å²) in [6.07, 6.45) is -0.873. The van der Waals surface area contributed by atoms with Gasteiger partial charge in [-0.3, -0.25) is 0 Å². The Balaban J connectivity index is 2.17. The summed E-state index contributed by atoms with van der Waals surface area (Å²) in [5, 5.41) is 15.7. The van der Waals surface area contributed by atoms with Crippen LogP contribution in [0.1, 0.15) is 20.8 Å². The SMILES string of the molecule is CC(C)(C)N(CCNCCNc1ccccc1)C(=O)O. The van der Waals surface area contributed by atoms with Gasteiger partial charge in [0.25, 0.3) is 0 Å². The van der Waals surface area contributed by atoms with Gasteiger partial charge in [0.05, 0.1) is 0 Å². The molecular weight excluding hydrogens is 254 g/mol. The molecule has 1 amide bonds. The second-order valence-electron chi connectivity index (χ2n) is 5.65. The zero-order valence-electron chi connectivity index (χ0n) is 12.5. The molecule has 0 aliphatic carbocycles. The van der Waals surface area contributed by atoms with E-state index in [2.05, 4.69) is 10.6 Å². The van der Waals surface area contributed by atoms with Gasteiger partial charge < -0.3 is 20.6 Å². The highest BCUT2D eigenvalue weighted by atomic mass is 16.4. The van der Waals surface area contributed by atoms with Gasteiger partial charge >= 0.3 is 6.09 Å². The highest BCUT2D eigenvalue weighted by molar-refractivity contribution is 5.65. The van der Waals surface area contributed by atoms with Gasteiger partial charge in [-0.25, -0.2) is 4.79 Å². The highest BCUT2D eigenvalue weighted by Crippen LogP contribution is 2.12. The van der Waals surface area contributed by atoms with Crippen molar-refractivity contribution >= 4 is 11.8 Å². The maximum absolute atomic E-state index is 11.1. The zero-order chi connectivity index (χ0) is 15.0. The molecule has 1 aromatic rings. The number of anilines is 1. The van der Waals surface area contributed by atoms with Crippen LogP contribution in [-0.2, 0) is 0 Å². The molecule has 3 N–H and O–H groups in total. The molecule has 0 fully saturated rings. The van der Waals surface area contributed by atoms with E-state index in [1.54, 1.807) is 0 Å². The number of rotatable bonds is 7. The Hall–Kier alpha value is -1.75. The fraction of sp³-hybridized carbons (Fsp3) is 0.533. The Labute approximate surface area is 121 Å². The number of hydrogen-bond donors (Lipinski definition) is 3. The molecule has 0 saturated carbocycles. The van der Waals surface area contributed by atoms with Crippen LogP contribution in [0.3, 0.4) is 0 Å². The summed E-state index contributed by atoms with van der Waals surface area (Å²) < 4.78 is 0. The summed E-state index contributed by atoms with van der Waals surface area (Å²) in [6, 6.07) is 10.0. The average Bonchev–Trinajstić information content (AvgIpc) is 2.37. The first-order chi connectivity index (χ1) is 9.41. The van der Waals surface area contributed by atoms with E-state index in [1.807, 2.05) is 51.1 Å². The van der Waals surface area contributed by atoms with Crippen LogP contribution in [0.4, 0.5) is 10.5 Å². The van der Waals surface area contributed by atoms with E-state index in [1.165, 1.54) is 4.90 Å². The number of hydrogen-bond acceptors (Lipinski definition) is 3. The van der Waals surface area contributed by atoms with E-state index in [9.17, 15) is 4.79 Å². The Bertz CT molecular complexity index is 401. The van der Waals surface area contributed by atoms with E-state index < -0.39 is 6.09 Å². The fourth-order valence-corrected chi connectivity index (χ4v) is 1.89. The maximum Gasteiger partial charge on any atom is 0.407 e. The van der Waals surface area contributed by atoms with Crippen LogP contribution >= 0.6 is 0 Å². The number of amides is 1. The molecule has 5 heteroatoms. The molecule has 0 atom stereocenters. The minimum absolute atomic E-state index is 0.365. The normalized spacial score (nSPS) is 11.2. The average molecular weight is 279 g/mol. The number of nitrogens with one attached hydrogen (secondary N) is 2. The topological polar surface area (TPSA) is 64.6 Å². The third kappa shape index (κ3) is 5.93. The smallest absolute Gasteiger partial charge is 0.407 e. The second-order valence-corrected chi connectivity index (χ2v) is 5.65. The van der Waals surface area contributed by atoms with Crippen molar-refractivity contribution in [2.45, 2.75) is 26.3 Å². The molecule has 0 aliphatic heterocycles. The van der Waals surface area contributed by atoms with E-state index >= 15 is 0 Å². The lowest BCUT2D eigenvalue weighted by atomic mass is 10.1. The summed E-state index contributed by atoms with van der Waals surface area (Å²) >= 11 is 0. The van der Waals surface area contributed by atoms with Gasteiger partial charge in [-0.2, -0.15) is 0 Å². The van der Waals surface area contributed by atoms with Crippen LogP contribution in [0.15, 0.2) is 30.3 Å². The van der Waals surface area contributed by atoms with Crippen molar-refractivity contribution in [2.75, 3.05) is 31.5 Å². The van der Waals surface area contributed by atoms with Crippen LogP contribution in [0.2, 0.25) is 0 Å². The number of benzene rings is 1. The van der Waals surface area contributed by atoms with Gasteiger partial charge in [0, 0.05) is 37.4 Å². The number of carboxylic acid groups (broad SMARTS) is 1. The summed E-state index contributed by atoms with van der Waals surface area (Å²) in [5.74, 6) is 0. The Morgan fingerprint density at radius 3 is 2.35 bits per heavy atom. The third-order valence-electron chi connectivity index (χ3n) is 2.96. The Kier molecular flexibility index (Phi) is 6.31. The molecule has 20 heavy (non-hydrogen) atoms. The van der Waals surface area contributed by atoms with Gasteiger partial charge in [-0.05, 0) is 32.9 Å². The van der Waals surface area contributed by atoms with Crippen LogP contribution in [-0.4, -0.2) is 47.8 Å². The van der Waals surface area contributed by atoms with Gasteiger partial charge in [0.1, 0.15) is 0 Å². The standard InChI is InChI=1S/C15H25N3O2/c1-15(2,3)18(14(19)20)12-11-16-9-10-17-13-7-5-4-6-8-13/h4-8,16-17H,9-12H2,1-3H3,(H,19,20). The Morgan fingerprint density at radius 1 is 1.15 bits per heavy atom. The van der Waals surface area contributed by atoms with E-state index in [4.69, 9.17) is 5.11 Å². The first-order valence-electron chi connectivity index (χ1n) is 6.91. The number of para-hydroxylation sites is 1. The van der Waals surface area contributed by atoms with Crippen molar-refractivity contribution in [3.05, 3.63) is 30.3 Å². The predicted molar refractivity (Wildman–Crippen MR) is 82.3 cm³/mol. The monoisotopic (exact) mass is 279 g/mol. The van der Waals surface area contributed by atoms with E-state index in [-0.39, 0.29) is 5.54 Å². The van der Waals surface area contributed by atoms with E-state index in [0.29, 0.717) is 13.1 Å². The molecule has 0 aliphatic rings. The Morgan fingerprint density at radius 2 is 1.80 bits per heavy atom. The first-order valence-corrected chi connectivity index (χ1v) is 6.91. The lowest BCUT2D eigenvalue weighted by Crippen LogP contribution is -2.48. The molecule has 5 nitrogen and oxygen atoms in total. The van der Waals surface area contributed by atoms with Crippen molar-refractivity contribution in [1.82, 2.24) is 10.2 Å². The van der Waals surface area contributed by atoms with Crippen LogP contribution in [0, 0.1) is 0 Å². The molecule has 0 unspecified atom stereocenters. The molecule has 0 aromatic heterocycles. The van der Waals surface area contributed by atoms with Gasteiger partial charge in [-0.1, -0.05) is 18.2 Å². The molecule has 1 rings (SSSR count). The van der Waals surface area contributed by atoms with Crippen molar-refractivity contribution in [1.29, 1.82) is 0 Å². The quantitative estimate of drug-likeness (QED) is 0.671. The zero-order valence-corrected chi connectivity index (χ0v) is 12.5. The third-order valence-corrected chi connectivity index (χ3v) is 2.96. The van der Waals surface area contributed by atoms with Crippen molar-refractivity contribution < 1.29 is 9.90 Å². The second kappa shape index (κ2) is 7.75. The minimum Gasteiger partial charge on any atom is -0.465 e. The van der Waals surface area contributed by atoms with E-state index in [0.717, 1.165) is 18.8 Å². The lowest BCUT2D eigenvalue weighted by Gasteiger charge is -2.33. The molecule has 0 bridgehead atoms. The number of nitrogens with zero attached hydrogens (tertiary/aromatic N) is 1. The van der Waals surface area contributed by atoms with Gasteiger partial charge in [-0.15, -0.1) is 0 Å². The lowest BCUT2D eigenvalue weighted by molar-refractivity contribution is 0.101. The van der Waals surface area contributed by atoms with Gasteiger partial charge in [0.15, 0.2) is 0 Å². The predicted octanol–water partition coefficient (Wildman–Crippen LogP) is 2.47. The maximum atomic E-state index is 11.1. The molecule has 0 heterocycles. The van der Waals surface area contributed by atoms with Crippen LogP contribution in [0.5, 0.6) is 0 Å². The highest BCUT2D eigenvalue weighted by Gasteiger charge is 2.25. The van der Waals surface area contributed by atoms with Crippen molar-refractivity contribution in [2.24, 2.45) is 0 Å². The largest absolute Gasteiger partial charge is 0.465 e. The van der Waals surface area contributed by atoms with Gasteiger partial charge in [0.2, 0.25) is 0 Å². The molecule has 1 aromatic carbocycles. The van der Waals surface area contributed by atoms with Crippen molar-refractivity contribution in [3.63, 3.8) is 0 Å². The summed E-state index contributed by atoms with van der Waals surface area (Å²) in [5.41, 5.74) is 0.728. The fourth-order valence-electron chi connectivity index (χ4n) is 1.89. The number of carbonyl (C=O) groups is 1. The summed E-state index contributed by atoms with van der Waals surface area (Å²) in [7, 11) is 0. The minimum atomic E-state index is -0.873.